The molecule has 0 aliphatic heterocycles. The molecule has 1 N–H and O–H groups in total. The highest BCUT2D eigenvalue weighted by Gasteiger charge is 2.10. The molecule has 6 nitrogen and oxygen atoms in total. The molecule has 0 aliphatic rings. The normalized spacial score (nSPS) is 10.6. The number of nitrogens with zero attached hydrogens (tertiary/aromatic N) is 4. The number of hydrogen-bond acceptors (Lipinski definition) is 4. The minimum Gasteiger partial charge on any atom is -0.306 e. The minimum absolute atomic E-state index is 0.349. The molecule has 3 rings (SSSR count). The number of aryl methyl sites for hydroxylation is 1. The monoisotopic (exact) mass is 347 g/mol. The SMILES string of the molecule is Cc1nccn1-c1cc(NC(=O)c2cc(Cl)cc(Cl)c2)ncn1. The van der Waals surface area contributed by atoms with Crippen LogP contribution in [0.5, 0.6) is 0 Å². The standard InChI is InChI=1S/C15H11Cl2N5O/c1-9-18-2-3-22(9)14-7-13(19-8-20-14)21-15(23)10-4-11(16)6-12(17)5-10/h2-8H,1H3,(H,19,20,21,23). The molecule has 0 saturated carbocycles. The number of nitrogens with one attached hydrogen (secondary N) is 1. The first kappa shape index (κ1) is 15.5. The Morgan fingerprint density at radius 3 is 2.48 bits per heavy atom. The van der Waals surface area contributed by atoms with Crippen LogP contribution in [-0.4, -0.2) is 25.4 Å². The fraction of sp³-hybridized carbons (Fsp3) is 0.0667. The number of anilines is 1. The summed E-state index contributed by atoms with van der Waals surface area (Å²) in [4.78, 5) is 24.6. The van der Waals surface area contributed by atoms with Crippen molar-refractivity contribution in [2.75, 3.05) is 5.32 Å². The summed E-state index contributed by atoms with van der Waals surface area (Å²) in [5, 5.41) is 3.47. The van der Waals surface area contributed by atoms with Gasteiger partial charge in [0, 0.05) is 34.1 Å². The molecule has 0 atom stereocenters. The van der Waals surface area contributed by atoms with Crippen LogP contribution in [0.25, 0.3) is 5.82 Å². The first-order chi connectivity index (χ1) is 11.0. The number of carbonyl (C=O) groups is 1. The van der Waals surface area contributed by atoms with Gasteiger partial charge in [-0.3, -0.25) is 9.36 Å². The average molecular weight is 348 g/mol. The molecular formula is C15H11Cl2N5O. The van der Waals surface area contributed by atoms with Crippen LogP contribution in [0.3, 0.4) is 0 Å². The molecule has 1 amide bonds. The van der Waals surface area contributed by atoms with Crippen molar-refractivity contribution in [3.63, 3.8) is 0 Å². The Balaban J connectivity index is 1.86. The Morgan fingerprint density at radius 1 is 1.09 bits per heavy atom. The number of imidazole rings is 1. The summed E-state index contributed by atoms with van der Waals surface area (Å²) in [6.45, 7) is 1.86. The van der Waals surface area contributed by atoms with Gasteiger partial charge in [-0.1, -0.05) is 23.2 Å². The molecule has 2 heterocycles. The number of hydrogen-bond donors (Lipinski definition) is 1. The van der Waals surface area contributed by atoms with E-state index in [1.165, 1.54) is 18.5 Å². The zero-order chi connectivity index (χ0) is 16.4. The quantitative estimate of drug-likeness (QED) is 0.786. The summed E-state index contributed by atoms with van der Waals surface area (Å²) in [6.07, 6.45) is 4.82. The maximum atomic E-state index is 12.3. The highest BCUT2D eigenvalue weighted by Crippen LogP contribution is 2.20. The van der Waals surface area contributed by atoms with E-state index in [1.54, 1.807) is 29.1 Å². The largest absolute Gasteiger partial charge is 0.306 e. The molecule has 23 heavy (non-hydrogen) atoms. The number of benzene rings is 1. The Labute approximate surface area is 142 Å². The average Bonchev–Trinajstić information content (AvgIpc) is 2.92. The van der Waals surface area contributed by atoms with Gasteiger partial charge in [0.05, 0.1) is 0 Å². The summed E-state index contributed by atoms with van der Waals surface area (Å²) >= 11 is 11.8. The van der Waals surface area contributed by atoms with Crippen LogP contribution < -0.4 is 5.32 Å². The highest BCUT2D eigenvalue weighted by molar-refractivity contribution is 6.35. The summed E-state index contributed by atoms with van der Waals surface area (Å²) in [6, 6.07) is 6.28. The van der Waals surface area contributed by atoms with E-state index in [-0.39, 0.29) is 5.91 Å². The van der Waals surface area contributed by atoms with E-state index in [2.05, 4.69) is 20.3 Å². The van der Waals surface area contributed by atoms with E-state index >= 15 is 0 Å². The first-order valence-electron chi connectivity index (χ1n) is 6.63. The van der Waals surface area contributed by atoms with Crippen LogP contribution >= 0.6 is 23.2 Å². The van der Waals surface area contributed by atoms with Crippen molar-refractivity contribution in [3.8, 4) is 5.82 Å². The first-order valence-corrected chi connectivity index (χ1v) is 7.38. The van der Waals surface area contributed by atoms with Gasteiger partial charge in [0.25, 0.3) is 5.91 Å². The highest BCUT2D eigenvalue weighted by atomic mass is 35.5. The van der Waals surface area contributed by atoms with Gasteiger partial charge in [-0.15, -0.1) is 0 Å². The van der Waals surface area contributed by atoms with Gasteiger partial charge in [0.2, 0.25) is 0 Å². The number of aromatic nitrogens is 4. The molecule has 0 aliphatic carbocycles. The number of halogens is 2. The third-order valence-corrected chi connectivity index (χ3v) is 3.53. The predicted molar refractivity (Wildman–Crippen MR) is 88.3 cm³/mol. The van der Waals surface area contributed by atoms with Gasteiger partial charge in [0.15, 0.2) is 0 Å². The lowest BCUT2D eigenvalue weighted by Gasteiger charge is -2.08. The van der Waals surface area contributed by atoms with E-state index in [0.717, 1.165) is 5.82 Å². The van der Waals surface area contributed by atoms with Crippen molar-refractivity contribution in [3.05, 3.63) is 64.4 Å². The Kier molecular flexibility index (Phi) is 4.27. The van der Waals surface area contributed by atoms with Crippen LogP contribution in [-0.2, 0) is 0 Å². The third-order valence-electron chi connectivity index (χ3n) is 3.09. The van der Waals surface area contributed by atoms with Crippen LogP contribution in [0.1, 0.15) is 16.2 Å². The summed E-state index contributed by atoms with van der Waals surface area (Å²) in [7, 11) is 0. The summed E-state index contributed by atoms with van der Waals surface area (Å²) in [5.41, 5.74) is 0.349. The van der Waals surface area contributed by atoms with Crippen molar-refractivity contribution in [1.29, 1.82) is 0 Å². The second-order valence-corrected chi connectivity index (χ2v) is 5.59. The van der Waals surface area contributed by atoms with Crippen LogP contribution in [0.2, 0.25) is 10.0 Å². The fourth-order valence-corrected chi connectivity index (χ4v) is 2.57. The van der Waals surface area contributed by atoms with Gasteiger partial charge in [-0.05, 0) is 25.1 Å². The fourth-order valence-electron chi connectivity index (χ4n) is 2.04. The molecule has 0 spiro atoms. The summed E-state index contributed by atoms with van der Waals surface area (Å²) < 4.78 is 1.79. The molecule has 0 bridgehead atoms. The van der Waals surface area contributed by atoms with Crippen molar-refractivity contribution in [2.45, 2.75) is 6.92 Å². The Hall–Kier alpha value is -2.44. The zero-order valence-corrected chi connectivity index (χ0v) is 13.5. The smallest absolute Gasteiger partial charge is 0.256 e. The Bertz CT molecular complexity index is 858. The Morgan fingerprint density at radius 2 is 1.83 bits per heavy atom. The van der Waals surface area contributed by atoms with Crippen LogP contribution in [0.4, 0.5) is 5.82 Å². The molecular weight excluding hydrogens is 337 g/mol. The molecule has 3 aromatic rings. The van der Waals surface area contributed by atoms with E-state index in [4.69, 9.17) is 23.2 Å². The second kappa shape index (κ2) is 6.36. The topological polar surface area (TPSA) is 72.7 Å². The second-order valence-electron chi connectivity index (χ2n) is 4.72. The molecule has 116 valence electrons. The van der Waals surface area contributed by atoms with Gasteiger partial charge < -0.3 is 5.32 Å². The molecule has 0 radical (unpaired) electrons. The molecule has 2 aromatic heterocycles. The minimum atomic E-state index is -0.360. The maximum absolute atomic E-state index is 12.3. The van der Waals surface area contributed by atoms with E-state index < -0.39 is 0 Å². The van der Waals surface area contributed by atoms with Crippen LogP contribution in [0.15, 0.2) is 43.0 Å². The van der Waals surface area contributed by atoms with Gasteiger partial charge in [0.1, 0.15) is 23.8 Å². The van der Waals surface area contributed by atoms with Crippen molar-refractivity contribution in [2.24, 2.45) is 0 Å². The van der Waals surface area contributed by atoms with Crippen LogP contribution in [0, 0.1) is 6.92 Å². The van der Waals surface area contributed by atoms with E-state index in [1.807, 2.05) is 6.92 Å². The lowest BCUT2D eigenvalue weighted by atomic mass is 10.2. The lowest BCUT2D eigenvalue weighted by Crippen LogP contribution is -2.13. The number of carbonyl (C=O) groups excluding carboxylic acids is 1. The number of rotatable bonds is 3. The molecule has 0 unspecified atom stereocenters. The molecule has 8 heteroatoms. The van der Waals surface area contributed by atoms with E-state index in [9.17, 15) is 4.79 Å². The molecule has 0 saturated heterocycles. The molecule has 1 aromatic carbocycles. The van der Waals surface area contributed by atoms with Crippen molar-refractivity contribution in [1.82, 2.24) is 19.5 Å². The zero-order valence-electron chi connectivity index (χ0n) is 12.0. The third kappa shape index (κ3) is 3.49. The van der Waals surface area contributed by atoms with E-state index in [0.29, 0.717) is 27.2 Å². The van der Waals surface area contributed by atoms with Crippen molar-refractivity contribution < 1.29 is 4.79 Å². The van der Waals surface area contributed by atoms with Gasteiger partial charge >= 0.3 is 0 Å². The summed E-state index contributed by atoms with van der Waals surface area (Å²) in [5.74, 6) is 1.39. The van der Waals surface area contributed by atoms with Crippen molar-refractivity contribution >= 4 is 34.9 Å². The maximum Gasteiger partial charge on any atom is 0.256 e. The molecule has 0 fully saturated rings. The van der Waals surface area contributed by atoms with Gasteiger partial charge in [-0.2, -0.15) is 0 Å². The lowest BCUT2D eigenvalue weighted by molar-refractivity contribution is 0.102. The predicted octanol–water partition coefficient (Wildman–Crippen LogP) is 3.53. The van der Waals surface area contributed by atoms with Gasteiger partial charge in [-0.25, -0.2) is 15.0 Å². The number of amides is 1.